The zero-order valence-electron chi connectivity index (χ0n) is 7.04. The Kier molecular flexibility index (Phi) is 2.18. The summed E-state index contributed by atoms with van der Waals surface area (Å²) in [5.41, 5.74) is 0.681. The Morgan fingerprint density at radius 2 is 2.18 bits per heavy atom. The largest absolute Gasteiger partial charge is 0.411 e. The Morgan fingerprint density at radius 1 is 1.55 bits per heavy atom. The fraction of sp³-hybridized carbons (Fsp3) is 0.875. The van der Waals surface area contributed by atoms with Crippen molar-refractivity contribution in [3.63, 3.8) is 0 Å². The van der Waals surface area contributed by atoms with Crippen LogP contribution in [0.5, 0.6) is 0 Å². The molecule has 1 unspecified atom stereocenters. The van der Waals surface area contributed by atoms with Crippen LogP contribution in [-0.4, -0.2) is 22.1 Å². The summed E-state index contributed by atoms with van der Waals surface area (Å²) in [4.78, 5) is 0. The standard InChI is InChI=1S/C8H15NO2/c1-8(2)5-6(9-11)3-4-7(8)10/h7,10-11H,3-5H2,1-2H3/b9-6-. The molecule has 3 heteroatoms. The van der Waals surface area contributed by atoms with Gasteiger partial charge in [0.2, 0.25) is 0 Å². The summed E-state index contributed by atoms with van der Waals surface area (Å²) in [6, 6.07) is 0. The first-order chi connectivity index (χ1) is 5.06. The zero-order valence-corrected chi connectivity index (χ0v) is 7.04. The van der Waals surface area contributed by atoms with Gasteiger partial charge in [0.05, 0.1) is 11.8 Å². The van der Waals surface area contributed by atoms with E-state index in [0.717, 1.165) is 12.1 Å². The van der Waals surface area contributed by atoms with Gasteiger partial charge in [-0.1, -0.05) is 19.0 Å². The molecule has 1 atom stereocenters. The molecule has 3 nitrogen and oxygen atoms in total. The monoisotopic (exact) mass is 157 g/mol. The molecule has 64 valence electrons. The van der Waals surface area contributed by atoms with Gasteiger partial charge in [0.25, 0.3) is 0 Å². The second kappa shape index (κ2) is 2.81. The van der Waals surface area contributed by atoms with Crippen LogP contribution in [0.15, 0.2) is 5.16 Å². The lowest BCUT2D eigenvalue weighted by Crippen LogP contribution is -2.36. The molecule has 1 fully saturated rings. The van der Waals surface area contributed by atoms with E-state index in [1.54, 1.807) is 0 Å². The molecule has 0 spiro atoms. The highest BCUT2D eigenvalue weighted by atomic mass is 16.4. The number of hydrogen-bond acceptors (Lipinski definition) is 3. The molecule has 0 heterocycles. The summed E-state index contributed by atoms with van der Waals surface area (Å²) >= 11 is 0. The van der Waals surface area contributed by atoms with Crippen LogP contribution in [0.2, 0.25) is 0 Å². The third-order valence-corrected chi connectivity index (χ3v) is 2.41. The molecule has 11 heavy (non-hydrogen) atoms. The van der Waals surface area contributed by atoms with Crippen molar-refractivity contribution in [2.75, 3.05) is 0 Å². The lowest BCUT2D eigenvalue weighted by Gasteiger charge is -2.34. The van der Waals surface area contributed by atoms with Crippen molar-refractivity contribution < 1.29 is 10.3 Å². The molecule has 1 saturated carbocycles. The predicted octanol–water partition coefficient (Wildman–Crippen LogP) is 1.39. The van der Waals surface area contributed by atoms with E-state index in [1.807, 2.05) is 13.8 Å². The van der Waals surface area contributed by atoms with Crippen LogP contribution in [-0.2, 0) is 0 Å². The molecule has 0 aromatic carbocycles. The van der Waals surface area contributed by atoms with Crippen molar-refractivity contribution in [1.82, 2.24) is 0 Å². The van der Waals surface area contributed by atoms with Crippen LogP contribution >= 0.6 is 0 Å². The first kappa shape index (κ1) is 8.53. The van der Waals surface area contributed by atoms with Crippen molar-refractivity contribution in [3.8, 4) is 0 Å². The van der Waals surface area contributed by atoms with Crippen LogP contribution in [0.3, 0.4) is 0 Å². The predicted molar refractivity (Wildman–Crippen MR) is 42.9 cm³/mol. The van der Waals surface area contributed by atoms with Crippen molar-refractivity contribution in [2.45, 2.75) is 39.2 Å². The Hall–Kier alpha value is -0.570. The first-order valence-electron chi connectivity index (χ1n) is 3.94. The number of hydrogen-bond donors (Lipinski definition) is 2. The van der Waals surface area contributed by atoms with Gasteiger partial charge in [0.1, 0.15) is 0 Å². The van der Waals surface area contributed by atoms with Crippen LogP contribution in [0.4, 0.5) is 0 Å². The normalized spacial score (nSPS) is 34.1. The van der Waals surface area contributed by atoms with Gasteiger partial charge in [-0.2, -0.15) is 0 Å². The highest BCUT2D eigenvalue weighted by Gasteiger charge is 2.33. The number of oxime groups is 1. The van der Waals surface area contributed by atoms with E-state index in [2.05, 4.69) is 5.16 Å². The van der Waals surface area contributed by atoms with Crippen molar-refractivity contribution in [3.05, 3.63) is 0 Å². The highest BCUT2D eigenvalue weighted by Crippen LogP contribution is 2.33. The van der Waals surface area contributed by atoms with Crippen LogP contribution in [0.25, 0.3) is 0 Å². The lowest BCUT2D eigenvalue weighted by molar-refractivity contribution is 0.0394. The molecule has 1 aliphatic rings. The lowest BCUT2D eigenvalue weighted by atomic mass is 9.74. The molecule has 0 bridgehead atoms. The fourth-order valence-electron chi connectivity index (χ4n) is 1.51. The maximum atomic E-state index is 9.51. The minimum atomic E-state index is -0.256. The summed E-state index contributed by atoms with van der Waals surface area (Å²) in [7, 11) is 0. The maximum Gasteiger partial charge on any atom is 0.0598 e. The Morgan fingerprint density at radius 3 is 2.64 bits per heavy atom. The minimum absolute atomic E-state index is 0.125. The Balaban J connectivity index is 2.67. The summed E-state index contributed by atoms with van der Waals surface area (Å²) in [5, 5.41) is 21.2. The SMILES string of the molecule is CC1(C)C/C(=N\O)CCC1O. The van der Waals surface area contributed by atoms with Crippen LogP contribution in [0.1, 0.15) is 33.1 Å². The summed E-state index contributed by atoms with van der Waals surface area (Å²) < 4.78 is 0. The quantitative estimate of drug-likeness (QED) is 0.412. The van der Waals surface area contributed by atoms with Crippen LogP contribution in [0, 0.1) is 5.41 Å². The Labute approximate surface area is 66.7 Å². The molecule has 1 rings (SSSR count). The molecule has 0 aliphatic heterocycles. The molecular weight excluding hydrogens is 142 g/mol. The second-order valence-corrected chi connectivity index (χ2v) is 3.89. The summed E-state index contributed by atoms with van der Waals surface area (Å²) in [5.74, 6) is 0. The molecule has 0 saturated heterocycles. The Bertz CT molecular complexity index is 175. The van der Waals surface area contributed by atoms with E-state index < -0.39 is 0 Å². The number of aliphatic hydroxyl groups is 1. The molecule has 0 radical (unpaired) electrons. The van der Waals surface area contributed by atoms with E-state index in [4.69, 9.17) is 5.21 Å². The minimum Gasteiger partial charge on any atom is -0.411 e. The summed E-state index contributed by atoms with van der Waals surface area (Å²) in [6.07, 6.45) is 1.88. The third kappa shape index (κ3) is 1.71. The topological polar surface area (TPSA) is 52.8 Å². The fourth-order valence-corrected chi connectivity index (χ4v) is 1.51. The molecule has 0 aromatic heterocycles. The second-order valence-electron chi connectivity index (χ2n) is 3.89. The molecule has 0 aromatic rings. The number of aliphatic hydroxyl groups excluding tert-OH is 1. The van der Waals surface area contributed by atoms with E-state index in [1.165, 1.54) is 0 Å². The van der Waals surface area contributed by atoms with E-state index in [0.29, 0.717) is 12.8 Å². The molecule has 1 aliphatic carbocycles. The third-order valence-electron chi connectivity index (χ3n) is 2.41. The van der Waals surface area contributed by atoms with Crippen molar-refractivity contribution in [1.29, 1.82) is 0 Å². The van der Waals surface area contributed by atoms with Gasteiger partial charge in [0.15, 0.2) is 0 Å². The van der Waals surface area contributed by atoms with E-state index >= 15 is 0 Å². The molecular formula is C8H15NO2. The van der Waals surface area contributed by atoms with Gasteiger partial charge in [-0.15, -0.1) is 0 Å². The molecule has 2 N–H and O–H groups in total. The van der Waals surface area contributed by atoms with Crippen LogP contribution < -0.4 is 0 Å². The van der Waals surface area contributed by atoms with Gasteiger partial charge in [-0.3, -0.25) is 0 Å². The maximum absolute atomic E-state index is 9.51. The smallest absolute Gasteiger partial charge is 0.0598 e. The van der Waals surface area contributed by atoms with Crippen molar-refractivity contribution >= 4 is 5.71 Å². The number of nitrogens with zero attached hydrogens (tertiary/aromatic N) is 1. The number of rotatable bonds is 0. The first-order valence-corrected chi connectivity index (χ1v) is 3.94. The van der Waals surface area contributed by atoms with Gasteiger partial charge < -0.3 is 10.3 Å². The van der Waals surface area contributed by atoms with E-state index in [-0.39, 0.29) is 11.5 Å². The van der Waals surface area contributed by atoms with Gasteiger partial charge in [0, 0.05) is 0 Å². The average molecular weight is 157 g/mol. The van der Waals surface area contributed by atoms with Crippen molar-refractivity contribution in [2.24, 2.45) is 10.6 Å². The molecule has 0 amide bonds. The van der Waals surface area contributed by atoms with E-state index in [9.17, 15) is 5.11 Å². The van der Waals surface area contributed by atoms with Gasteiger partial charge >= 0.3 is 0 Å². The van der Waals surface area contributed by atoms with Gasteiger partial charge in [-0.05, 0) is 24.7 Å². The highest BCUT2D eigenvalue weighted by molar-refractivity contribution is 5.85. The van der Waals surface area contributed by atoms with Gasteiger partial charge in [-0.25, -0.2) is 0 Å². The summed E-state index contributed by atoms with van der Waals surface area (Å²) in [6.45, 7) is 3.98. The zero-order chi connectivity index (χ0) is 8.48. The average Bonchev–Trinajstić information content (AvgIpc) is 1.95.